The Morgan fingerprint density at radius 1 is 0.973 bits per heavy atom. The fourth-order valence-corrected chi connectivity index (χ4v) is 6.41. The van der Waals surface area contributed by atoms with Gasteiger partial charge < -0.3 is 5.32 Å². The first-order chi connectivity index (χ1) is 17.9. The second kappa shape index (κ2) is 9.27. The topological polar surface area (TPSA) is 75.2 Å². The lowest BCUT2D eigenvalue weighted by Crippen LogP contribution is -2.61. The molecular weight excluding hydrogens is 484 g/mol. The number of aromatic nitrogens is 2. The second-order valence-corrected chi connectivity index (χ2v) is 10.5. The van der Waals surface area contributed by atoms with Gasteiger partial charge in [0.25, 0.3) is 0 Å². The van der Waals surface area contributed by atoms with E-state index in [1.165, 1.54) is 4.90 Å². The van der Waals surface area contributed by atoms with Gasteiger partial charge in [-0.25, -0.2) is 9.69 Å². The summed E-state index contributed by atoms with van der Waals surface area (Å²) in [5.41, 5.74) is 5.69. The summed E-state index contributed by atoms with van der Waals surface area (Å²) < 4.78 is 0. The highest BCUT2D eigenvalue weighted by atomic mass is 35.5. The number of anilines is 1. The van der Waals surface area contributed by atoms with Gasteiger partial charge in [-0.15, -0.1) is 0 Å². The number of nitrogens with zero attached hydrogens (tertiary/aromatic N) is 3. The Bertz CT molecular complexity index is 1530. The third-order valence-corrected chi connectivity index (χ3v) is 7.97. The Morgan fingerprint density at radius 3 is 2.57 bits per heavy atom. The average molecular weight is 511 g/mol. The van der Waals surface area contributed by atoms with E-state index >= 15 is 0 Å². The Balaban J connectivity index is 1.31. The molecule has 1 aliphatic carbocycles. The lowest BCUT2D eigenvalue weighted by molar-refractivity contribution is -0.124. The van der Waals surface area contributed by atoms with Crippen LogP contribution in [0.1, 0.15) is 42.1 Å². The average Bonchev–Trinajstić information content (AvgIpc) is 2.88. The Kier molecular flexibility index (Phi) is 5.92. The maximum absolute atomic E-state index is 13.7. The van der Waals surface area contributed by atoms with Crippen LogP contribution in [0.25, 0.3) is 21.9 Å². The Labute approximate surface area is 220 Å². The van der Waals surface area contributed by atoms with Crippen molar-refractivity contribution in [1.82, 2.24) is 15.3 Å². The maximum atomic E-state index is 13.7. The highest BCUT2D eigenvalue weighted by Crippen LogP contribution is 2.45. The lowest BCUT2D eigenvalue weighted by Gasteiger charge is -2.43. The van der Waals surface area contributed by atoms with Crippen LogP contribution in [-0.2, 0) is 4.79 Å². The number of aryl methyl sites for hydroxylation is 2. The minimum Gasteiger partial charge on any atom is -0.334 e. The third kappa shape index (κ3) is 4.15. The zero-order chi connectivity index (χ0) is 25.7. The molecule has 4 aromatic rings. The SMILES string of the molecule is Cc1cc(-c2cccc(Cl)c2C2CCC3C(=O)N(c4cncc5ccccc45)C(=O)NC3C2)cc(C)n1. The molecule has 3 amide bonds. The number of halogens is 1. The van der Waals surface area contributed by atoms with E-state index in [0.29, 0.717) is 23.6 Å². The molecule has 2 aliphatic rings. The smallest absolute Gasteiger partial charge is 0.329 e. The van der Waals surface area contributed by atoms with Crippen LogP contribution in [0.3, 0.4) is 0 Å². The van der Waals surface area contributed by atoms with Crippen molar-refractivity contribution in [2.75, 3.05) is 4.90 Å². The summed E-state index contributed by atoms with van der Waals surface area (Å²) in [6.07, 6.45) is 5.47. The van der Waals surface area contributed by atoms with E-state index in [1.807, 2.05) is 50.2 Å². The number of urea groups is 1. The molecule has 7 heteroatoms. The van der Waals surface area contributed by atoms with Crippen LogP contribution in [0.5, 0.6) is 0 Å². The molecule has 1 saturated heterocycles. The number of pyridine rings is 2. The first kappa shape index (κ1) is 23.6. The number of hydrogen-bond acceptors (Lipinski definition) is 4. The number of carbonyl (C=O) groups is 2. The molecule has 2 fully saturated rings. The van der Waals surface area contributed by atoms with Crippen molar-refractivity contribution in [1.29, 1.82) is 0 Å². The summed E-state index contributed by atoms with van der Waals surface area (Å²) >= 11 is 6.80. The standard InChI is InChI=1S/C30H27ClN4O2/c1-17-12-21(13-18(2)33-17)23-8-5-9-25(31)28(23)19-10-11-24-26(14-19)34-30(37)35(29(24)36)27-16-32-15-20-6-3-4-7-22(20)27/h3-9,12-13,15-16,19,24,26H,10-11,14H2,1-2H3,(H,34,37). The molecule has 2 aromatic carbocycles. The molecule has 6 nitrogen and oxygen atoms in total. The van der Waals surface area contributed by atoms with Gasteiger partial charge in [-0.3, -0.25) is 14.8 Å². The predicted molar refractivity (Wildman–Crippen MR) is 146 cm³/mol. The van der Waals surface area contributed by atoms with Gasteiger partial charge in [0.05, 0.1) is 17.8 Å². The van der Waals surface area contributed by atoms with Crippen LogP contribution in [0.4, 0.5) is 10.5 Å². The van der Waals surface area contributed by atoms with Crippen LogP contribution in [-0.4, -0.2) is 27.9 Å². The first-order valence-corrected chi connectivity index (χ1v) is 13.0. The fraction of sp³-hybridized carbons (Fsp3) is 0.267. The van der Waals surface area contributed by atoms with Crippen LogP contribution in [0, 0.1) is 19.8 Å². The molecule has 1 aliphatic heterocycles. The zero-order valence-electron chi connectivity index (χ0n) is 20.7. The summed E-state index contributed by atoms with van der Waals surface area (Å²) in [5.74, 6) is -0.327. The molecule has 1 saturated carbocycles. The largest absolute Gasteiger partial charge is 0.334 e. The molecule has 0 bridgehead atoms. The van der Waals surface area contributed by atoms with Crippen molar-refractivity contribution in [3.05, 3.63) is 89.0 Å². The molecule has 6 rings (SSSR count). The van der Waals surface area contributed by atoms with Crippen LogP contribution in [0.15, 0.2) is 67.0 Å². The molecule has 186 valence electrons. The van der Waals surface area contributed by atoms with E-state index in [2.05, 4.69) is 33.5 Å². The highest BCUT2D eigenvalue weighted by Gasteiger charge is 2.46. The van der Waals surface area contributed by atoms with E-state index in [4.69, 9.17) is 11.6 Å². The molecule has 37 heavy (non-hydrogen) atoms. The van der Waals surface area contributed by atoms with Gasteiger partial charge in [0.1, 0.15) is 0 Å². The van der Waals surface area contributed by atoms with Crippen LogP contribution < -0.4 is 10.2 Å². The van der Waals surface area contributed by atoms with Gasteiger partial charge in [0.2, 0.25) is 5.91 Å². The van der Waals surface area contributed by atoms with E-state index in [9.17, 15) is 9.59 Å². The number of hydrogen-bond donors (Lipinski definition) is 1. The van der Waals surface area contributed by atoms with Gasteiger partial charge in [0.15, 0.2) is 0 Å². The minimum absolute atomic E-state index is 0.123. The molecule has 3 unspecified atom stereocenters. The van der Waals surface area contributed by atoms with E-state index in [0.717, 1.165) is 45.3 Å². The molecule has 3 atom stereocenters. The molecule has 0 spiro atoms. The minimum atomic E-state index is -0.398. The van der Waals surface area contributed by atoms with Crippen LogP contribution >= 0.6 is 11.6 Å². The van der Waals surface area contributed by atoms with Crippen molar-refractivity contribution >= 4 is 40.0 Å². The quantitative estimate of drug-likeness (QED) is 0.338. The summed E-state index contributed by atoms with van der Waals surface area (Å²) in [7, 11) is 0. The second-order valence-electron chi connectivity index (χ2n) is 10.1. The normalized spacial score (nSPS) is 21.6. The van der Waals surface area contributed by atoms with Crippen molar-refractivity contribution in [2.24, 2.45) is 5.92 Å². The third-order valence-electron chi connectivity index (χ3n) is 7.64. The van der Waals surface area contributed by atoms with Gasteiger partial charge in [0, 0.05) is 39.4 Å². The predicted octanol–water partition coefficient (Wildman–Crippen LogP) is 6.58. The first-order valence-electron chi connectivity index (χ1n) is 12.6. The van der Waals surface area contributed by atoms with Gasteiger partial charge in [-0.1, -0.05) is 48.0 Å². The molecular formula is C30H27ClN4O2. The van der Waals surface area contributed by atoms with Gasteiger partial charge in [-0.05, 0) is 73.9 Å². The van der Waals surface area contributed by atoms with E-state index in [1.54, 1.807) is 12.4 Å². The Hall–Kier alpha value is -3.77. The number of benzene rings is 2. The number of fused-ring (bicyclic) bond motifs is 2. The lowest BCUT2D eigenvalue weighted by atomic mass is 9.72. The molecule has 2 aromatic heterocycles. The van der Waals surface area contributed by atoms with Crippen molar-refractivity contribution in [3.63, 3.8) is 0 Å². The molecule has 3 heterocycles. The number of carbonyl (C=O) groups excluding carboxylic acids is 2. The zero-order valence-corrected chi connectivity index (χ0v) is 21.5. The monoisotopic (exact) mass is 510 g/mol. The fourth-order valence-electron chi connectivity index (χ4n) is 6.08. The van der Waals surface area contributed by atoms with Crippen molar-refractivity contribution in [3.8, 4) is 11.1 Å². The number of nitrogens with one attached hydrogen (secondary N) is 1. The summed E-state index contributed by atoms with van der Waals surface area (Å²) in [4.78, 5) is 37.1. The number of amides is 3. The van der Waals surface area contributed by atoms with Gasteiger partial charge >= 0.3 is 6.03 Å². The maximum Gasteiger partial charge on any atom is 0.329 e. The Morgan fingerprint density at radius 2 is 1.76 bits per heavy atom. The molecule has 0 radical (unpaired) electrons. The van der Waals surface area contributed by atoms with Gasteiger partial charge in [-0.2, -0.15) is 0 Å². The number of rotatable bonds is 3. The van der Waals surface area contributed by atoms with E-state index < -0.39 is 6.03 Å². The van der Waals surface area contributed by atoms with Crippen molar-refractivity contribution < 1.29 is 9.59 Å². The summed E-state index contributed by atoms with van der Waals surface area (Å²) in [5, 5.41) is 5.58. The van der Waals surface area contributed by atoms with E-state index in [-0.39, 0.29) is 23.8 Å². The summed E-state index contributed by atoms with van der Waals surface area (Å²) in [6.45, 7) is 3.98. The van der Waals surface area contributed by atoms with Crippen LogP contribution in [0.2, 0.25) is 5.02 Å². The summed E-state index contributed by atoms with van der Waals surface area (Å²) in [6, 6.07) is 17.2. The highest BCUT2D eigenvalue weighted by molar-refractivity contribution is 6.32. The van der Waals surface area contributed by atoms with Crippen molar-refractivity contribution in [2.45, 2.75) is 45.1 Å². The number of imide groups is 1. The molecule has 1 N–H and O–H groups in total.